The SMILES string of the molecule is Cc1ccc(N(c2ccc(C)cc2)c2c[c]ccc2-c2ccccc2)cc1. The summed E-state index contributed by atoms with van der Waals surface area (Å²) < 4.78 is 0. The molecule has 0 unspecified atom stereocenters. The minimum atomic E-state index is 1.12. The summed E-state index contributed by atoms with van der Waals surface area (Å²) in [5.41, 5.74) is 8.30. The second-order valence-electron chi connectivity index (χ2n) is 6.82. The van der Waals surface area contributed by atoms with Crippen LogP contribution in [0.4, 0.5) is 17.1 Å². The van der Waals surface area contributed by atoms with E-state index in [0.29, 0.717) is 0 Å². The maximum absolute atomic E-state index is 3.27. The molecule has 0 aliphatic carbocycles. The monoisotopic (exact) mass is 348 g/mol. The topological polar surface area (TPSA) is 3.24 Å². The minimum Gasteiger partial charge on any atom is -0.310 e. The average Bonchev–Trinajstić information content (AvgIpc) is 2.72. The first-order chi connectivity index (χ1) is 13.2. The van der Waals surface area contributed by atoms with Gasteiger partial charge < -0.3 is 4.90 Å². The molecular weight excluding hydrogens is 326 g/mol. The van der Waals surface area contributed by atoms with Crippen LogP contribution in [0.25, 0.3) is 11.1 Å². The smallest absolute Gasteiger partial charge is 0.0546 e. The van der Waals surface area contributed by atoms with Crippen LogP contribution in [0.15, 0.2) is 97.1 Å². The van der Waals surface area contributed by atoms with Crippen LogP contribution in [0.3, 0.4) is 0 Å². The van der Waals surface area contributed by atoms with E-state index < -0.39 is 0 Å². The molecule has 0 amide bonds. The molecule has 131 valence electrons. The number of hydrogen-bond acceptors (Lipinski definition) is 1. The molecule has 1 radical (unpaired) electrons. The van der Waals surface area contributed by atoms with Crippen molar-refractivity contribution in [1.82, 2.24) is 0 Å². The highest BCUT2D eigenvalue weighted by Gasteiger charge is 2.16. The van der Waals surface area contributed by atoms with E-state index in [1.54, 1.807) is 0 Å². The quantitative estimate of drug-likeness (QED) is 0.376. The highest BCUT2D eigenvalue weighted by atomic mass is 15.1. The second kappa shape index (κ2) is 7.51. The molecular formula is C26H22N. The van der Waals surface area contributed by atoms with Crippen molar-refractivity contribution in [2.24, 2.45) is 0 Å². The van der Waals surface area contributed by atoms with Crippen LogP contribution in [-0.4, -0.2) is 0 Å². The third-order valence-electron chi connectivity index (χ3n) is 4.75. The lowest BCUT2D eigenvalue weighted by molar-refractivity contribution is 1.27. The van der Waals surface area contributed by atoms with Crippen LogP contribution >= 0.6 is 0 Å². The molecule has 0 saturated carbocycles. The third-order valence-corrected chi connectivity index (χ3v) is 4.75. The molecule has 4 aromatic rings. The molecule has 0 atom stereocenters. The van der Waals surface area contributed by atoms with Crippen molar-refractivity contribution in [3.63, 3.8) is 0 Å². The van der Waals surface area contributed by atoms with Crippen molar-refractivity contribution in [3.05, 3.63) is 114 Å². The van der Waals surface area contributed by atoms with Gasteiger partial charge in [-0.3, -0.25) is 0 Å². The number of rotatable bonds is 4. The summed E-state index contributed by atoms with van der Waals surface area (Å²) in [7, 11) is 0. The maximum Gasteiger partial charge on any atom is 0.0546 e. The van der Waals surface area contributed by atoms with Crippen LogP contribution in [-0.2, 0) is 0 Å². The molecule has 0 heterocycles. The largest absolute Gasteiger partial charge is 0.310 e. The van der Waals surface area contributed by atoms with Crippen molar-refractivity contribution < 1.29 is 0 Å². The summed E-state index contributed by atoms with van der Waals surface area (Å²) >= 11 is 0. The summed E-state index contributed by atoms with van der Waals surface area (Å²) in [6.07, 6.45) is 0. The van der Waals surface area contributed by atoms with Gasteiger partial charge in [0.15, 0.2) is 0 Å². The average molecular weight is 348 g/mol. The summed E-state index contributed by atoms with van der Waals surface area (Å²) in [6, 6.07) is 37.3. The Morgan fingerprint density at radius 1 is 0.630 bits per heavy atom. The van der Waals surface area contributed by atoms with Crippen molar-refractivity contribution in [2.75, 3.05) is 4.90 Å². The molecule has 0 aliphatic heterocycles. The van der Waals surface area contributed by atoms with Crippen LogP contribution < -0.4 is 4.90 Å². The Morgan fingerprint density at radius 2 is 1.19 bits per heavy atom. The van der Waals surface area contributed by atoms with Gasteiger partial charge in [-0.25, -0.2) is 0 Å². The highest BCUT2D eigenvalue weighted by Crippen LogP contribution is 2.40. The van der Waals surface area contributed by atoms with E-state index in [1.165, 1.54) is 22.3 Å². The molecule has 4 rings (SSSR count). The van der Waals surface area contributed by atoms with E-state index in [0.717, 1.165) is 17.1 Å². The minimum absolute atomic E-state index is 1.12. The fourth-order valence-corrected chi connectivity index (χ4v) is 3.28. The zero-order valence-electron chi connectivity index (χ0n) is 15.7. The normalized spacial score (nSPS) is 10.6. The van der Waals surface area contributed by atoms with E-state index >= 15 is 0 Å². The summed E-state index contributed by atoms with van der Waals surface area (Å²) in [6.45, 7) is 4.23. The number of anilines is 3. The molecule has 0 bridgehead atoms. The van der Waals surface area contributed by atoms with E-state index in [9.17, 15) is 0 Å². The van der Waals surface area contributed by atoms with Crippen LogP contribution in [0, 0.1) is 19.9 Å². The molecule has 0 N–H and O–H groups in total. The van der Waals surface area contributed by atoms with Crippen molar-refractivity contribution in [3.8, 4) is 11.1 Å². The van der Waals surface area contributed by atoms with Gasteiger partial charge in [-0.1, -0.05) is 77.9 Å². The Morgan fingerprint density at radius 3 is 1.74 bits per heavy atom. The van der Waals surface area contributed by atoms with Gasteiger partial charge in [0.2, 0.25) is 0 Å². The molecule has 0 saturated heterocycles. The van der Waals surface area contributed by atoms with Crippen molar-refractivity contribution in [2.45, 2.75) is 13.8 Å². The molecule has 0 spiro atoms. The Kier molecular flexibility index (Phi) is 4.76. The Labute approximate surface area is 161 Å². The number of nitrogens with zero attached hydrogens (tertiary/aromatic N) is 1. The van der Waals surface area contributed by atoms with Crippen molar-refractivity contribution >= 4 is 17.1 Å². The van der Waals surface area contributed by atoms with Crippen LogP contribution in [0.2, 0.25) is 0 Å². The van der Waals surface area contributed by atoms with E-state index in [4.69, 9.17) is 0 Å². The molecule has 0 fully saturated rings. The predicted molar refractivity (Wildman–Crippen MR) is 115 cm³/mol. The molecule has 27 heavy (non-hydrogen) atoms. The molecule has 0 aliphatic rings. The maximum atomic E-state index is 3.27. The number of benzene rings is 4. The van der Waals surface area contributed by atoms with Gasteiger partial charge in [0.1, 0.15) is 0 Å². The van der Waals surface area contributed by atoms with Crippen molar-refractivity contribution in [1.29, 1.82) is 0 Å². The lowest BCUT2D eigenvalue weighted by Crippen LogP contribution is -2.11. The summed E-state index contributed by atoms with van der Waals surface area (Å²) in [4.78, 5) is 2.30. The Bertz CT molecular complexity index is 970. The van der Waals surface area contributed by atoms with Gasteiger partial charge >= 0.3 is 0 Å². The Hall–Kier alpha value is -3.32. The first kappa shape index (κ1) is 17.1. The summed E-state index contributed by atoms with van der Waals surface area (Å²) in [5.74, 6) is 0. The first-order valence-corrected chi connectivity index (χ1v) is 9.21. The molecule has 1 heteroatoms. The zero-order chi connectivity index (χ0) is 18.6. The lowest BCUT2D eigenvalue weighted by atomic mass is 10.0. The Balaban J connectivity index is 1.92. The lowest BCUT2D eigenvalue weighted by Gasteiger charge is -2.28. The highest BCUT2D eigenvalue weighted by molar-refractivity contribution is 5.87. The van der Waals surface area contributed by atoms with E-state index in [2.05, 4.69) is 116 Å². The fraction of sp³-hybridized carbons (Fsp3) is 0.0769. The third kappa shape index (κ3) is 3.63. The second-order valence-corrected chi connectivity index (χ2v) is 6.82. The number of aryl methyl sites for hydroxylation is 2. The van der Waals surface area contributed by atoms with Gasteiger partial charge in [-0.2, -0.15) is 0 Å². The molecule has 0 aromatic heterocycles. The van der Waals surface area contributed by atoms with Gasteiger partial charge in [0.05, 0.1) is 5.69 Å². The van der Waals surface area contributed by atoms with Crippen LogP contribution in [0.5, 0.6) is 0 Å². The summed E-state index contributed by atoms with van der Waals surface area (Å²) in [5, 5.41) is 0. The standard InChI is InChI=1S/C26H22N/c1-20-12-16-23(17-13-20)27(24-18-14-21(2)15-19-24)26-11-7-6-10-25(26)22-8-4-3-5-9-22/h3-6,8-19H,1-2H3. The zero-order valence-corrected chi connectivity index (χ0v) is 15.7. The van der Waals surface area contributed by atoms with E-state index in [-0.39, 0.29) is 0 Å². The number of hydrogen-bond donors (Lipinski definition) is 0. The van der Waals surface area contributed by atoms with E-state index in [1.807, 2.05) is 6.07 Å². The molecule has 1 nitrogen and oxygen atoms in total. The van der Waals surface area contributed by atoms with Gasteiger partial charge in [-0.15, -0.1) is 0 Å². The fourth-order valence-electron chi connectivity index (χ4n) is 3.28. The first-order valence-electron chi connectivity index (χ1n) is 9.21. The van der Waals surface area contributed by atoms with Gasteiger partial charge in [-0.05, 0) is 55.8 Å². The molecule has 4 aromatic carbocycles. The van der Waals surface area contributed by atoms with Gasteiger partial charge in [0.25, 0.3) is 0 Å². The van der Waals surface area contributed by atoms with Gasteiger partial charge in [0, 0.05) is 16.9 Å². The predicted octanol–water partition coefficient (Wildman–Crippen LogP) is 7.24. The van der Waals surface area contributed by atoms with Crippen LogP contribution in [0.1, 0.15) is 11.1 Å².